The molecule has 0 unspecified atom stereocenters. The van der Waals surface area contributed by atoms with E-state index in [1.54, 1.807) is 0 Å². The summed E-state index contributed by atoms with van der Waals surface area (Å²) in [6.07, 6.45) is 0. The lowest BCUT2D eigenvalue weighted by atomic mass is 9.65. The van der Waals surface area contributed by atoms with E-state index >= 15 is 0 Å². The Morgan fingerprint density at radius 3 is 1.25 bits per heavy atom. The van der Waals surface area contributed by atoms with Gasteiger partial charge in [0.1, 0.15) is 22.3 Å². The van der Waals surface area contributed by atoms with Crippen LogP contribution in [0.4, 0.5) is 0 Å². The zero-order valence-electron chi connectivity index (χ0n) is 37.1. The first kappa shape index (κ1) is 37.9. The van der Waals surface area contributed by atoms with E-state index in [0.29, 0.717) is 0 Å². The summed E-state index contributed by atoms with van der Waals surface area (Å²) in [4.78, 5) is 0. The summed E-state index contributed by atoms with van der Waals surface area (Å²) >= 11 is 0. The highest BCUT2D eigenvalue weighted by Gasteiger charge is 2.48. The maximum Gasteiger partial charge on any atom is 0.143 e. The molecule has 2 heteroatoms. The van der Waals surface area contributed by atoms with Crippen LogP contribution in [0.15, 0.2) is 227 Å². The van der Waals surface area contributed by atoms with Crippen LogP contribution >= 0.6 is 0 Å². The molecule has 0 spiro atoms. The molecule has 1 aliphatic carbocycles. The summed E-state index contributed by atoms with van der Waals surface area (Å²) in [7, 11) is 0. The minimum Gasteiger partial charge on any atom is -0.455 e. The van der Waals surface area contributed by atoms with E-state index in [9.17, 15) is 0 Å². The largest absolute Gasteiger partial charge is 0.455 e. The number of hydrogen-bond donors (Lipinski definition) is 0. The Hall–Kier alpha value is -8.46. The Balaban J connectivity index is 1.16. The van der Waals surface area contributed by atoms with E-state index in [1.807, 2.05) is 0 Å². The van der Waals surface area contributed by atoms with Crippen molar-refractivity contribution in [3.8, 4) is 44.5 Å². The molecule has 0 N–H and O–H groups in total. The summed E-state index contributed by atoms with van der Waals surface area (Å²) in [6, 6.07) is 80.6. The molecular formula is C65H42O2. The minimum absolute atomic E-state index is 0.618. The molecule has 2 heterocycles. The van der Waals surface area contributed by atoms with Crippen LogP contribution in [0, 0.1) is 13.8 Å². The number of rotatable bonds is 5. The molecule has 314 valence electrons. The first-order valence-corrected chi connectivity index (χ1v) is 23.2. The van der Waals surface area contributed by atoms with Gasteiger partial charge in [-0.25, -0.2) is 0 Å². The summed E-state index contributed by atoms with van der Waals surface area (Å²) < 4.78 is 13.6. The highest BCUT2D eigenvalue weighted by molar-refractivity contribution is 6.23. The smallest absolute Gasteiger partial charge is 0.143 e. The molecule has 0 aliphatic heterocycles. The highest BCUT2D eigenvalue weighted by Crippen LogP contribution is 2.60. The highest BCUT2D eigenvalue weighted by atomic mass is 16.3. The number of aryl methyl sites for hydroxylation is 2. The Morgan fingerprint density at radius 1 is 0.299 bits per heavy atom. The monoisotopic (exact) mass is 854 g/mol. The predicted octanol–water partition coefficient (Wildman–Crippen LogP) is 17.8. The van der Waals surface area contributed by atoms with Gasteiger partial charge >= 0.3 is 0 Å². The molecule has 2 nitrogen and oxygen atoms in total. The lowest BCUT2D eigenvalue weighted by molar-refractivity contribution is 0.669. The zero-order chi connectivity index (χ0) is 44.4. The summed E-state index contributed by atoms with van der Waals surface area (Å²) in [5.74, 6) is 0. The fourth-order valence-electron chi connectivity index (χ4n) is 11.8. The fraction of sp³-hybridized carbons (Fsp3) is 0.0462. The Morgan fingerprint density at radius 2 is 0.701 bits per heavy atom. The van der Waals surface area contributed by atoms with Crippen molar-refractivity contribution in [3.63, 3.8) is 0 Å². The van der Waals surface area contributed by atoms with Gasteiger partial charge in [-0.15, -0.1) is 0 Å². The average Bonchev–Trinajstić information content (AvgIpc) is 4.05. The van der Waals surface area contributed by atoms with Gasteiger partial charge in [0, 0.05) is 32.7 Å². The first-order valence-electron chi connectivity index (χ1n) is 23.2. The lowest BCUT2D eigenvalue weighted by Gasteiger charge is -2.36. The second-order valence-corrected chi connectivity index (χ2v) is 18.4. The third kappa shape index (κ3) is 5.33. The molecule has 67 heavy (non-hydrogen) atoms. The van der Waals surface area contributed by atoms with E-state index in [-0.39, 0.29) is 0 Å². The number of hydrogen-bond acceptors (Lipinski definition) is 2. The van der Waals surface area contributed by atoms with Crippen LogP contribution in [0.25, 0.3) is 110 Å². The molecule has 0 bridgehead atoms. The van der Waals surface area contributed by atoms with Crippen LogP contribution in [0.5, 0.6) is 0 Å². The number of furan rings is 2. The average molecular weight is 855 g/mol. The maximum atomic E-state index is 6.79. The van der Waals surface area contributed by atoms with Crippen LogP contribution < -0.4 is 0 Å². The van der Waals surface area contributed by atoms with Crippen molar-refractivity contribution in [3.05, 3.63) is 252 Å². The van der Waals surface area contributed by atoms with Crippen molar-refractivity contribution < 1.29 is 8.83 Å². The van der Waals surface area contributed by atoms with Gasteiger partial charge < -0.3 is 8.83 Å². The zero-order valence-corrected chi connectivity index (χ0v) is 37.1. The number of benzene rings is 11. The Bertz CT molecular complexity index is 3940. The third-order valence-electron chi connectivity index (χ3n) is 14.7. The topological polar surface area (TPSA) is 26.3 Å². The molecule has 0 amide bonds. The predicted molar refractivity (Wildman–Crippen MR) is 279 cm³/mol. The van der Waals surface area contributed by atoms with Gasteiger partial charge in [-0.2, -0.15) is 0 Å². The molecule has 2 aromatic heterocycles. The molecule has 11 aromatic carbocycles. The van der Waals surface area contributed by atoms with E-state index in [0.717, 1.165) is 76.9 Å². The molecule has 0 atom stereocenters. The van der Waals surface area contributed by atoms with Crippen molar-refractivity contribution in [2.75, 3.05) is 0 Å². The quantitative estimate of drug-likeness (QED) is 0.161. The minimum atomic E-state index is -0.618. The maximum absolute atomic E-state index is 6.79. The third-order valence-corrected chi connectivity index (χ3v) is 14.7. The van der Waals surface area contributed by atoms with Crippen LogP contribution in [-0.2, 0) is 5.41 Å². The van der Waals surface area contributed by atoms with Gasteiger partial charge in [0.25, 0.3) is 0 Å². The second-order valence-electron chi connectivity index (χ2n) is 18.4. The van der Waals surface area contributed by atoms with Gasteiger partial charge in [-0.1, -0.05) is 211 Å². The van der Waals surface area contributed by atoms with Gasteiger partial charge in [0.15, 0.2) is 0 Å². The molecule has 0 fully saturated rings. The van der Waals surface area contributed by atoms with Crippen molar-refractivity contribution in [1.82, 2.24) is 0 Å². The van der Waals surface area contributed by atoms with Crippen molar-refractivity contribution >= 4 is 65.4 Å². The van der Waals surface area contributed by atoms with Crippen molar-refractivity contribution in [2.45, 2.75) is 19.3 Å². The molecule has 13 aromatic rings. The summed E-state index contributed by atoms with van der Waals surface area (Å²) in [5, 5.41) is 9.15. The van der Waals surface area contributed by atoms with E-state index in [2.05, 4.69) is 232 Å². The number of fused-ring (bicyclic) bond motifs is 11. The molecule has 0 radical (unpaired) electrons. The van der Waals surface area contributed by atoms with Crippen molar-refractivity contribution in [1.29, 1.82) is 0 Å². The molecule has 14 rings (SSSR count). The molecule has 1 aliphatic rings. The van der Waals surface area contributed by atoms with Gasteiger partial charge in [-0.05, 0) is 109 Å². The van der Waals surface area contributed by atoms with Gasteiger partial charge in [0.05, 0.1) is 5.41 Å². The fourth-order valence-corrected chi connectivity index (χ4v) is 11.8. The van der Waals surface area contributed by atoms with Gasteiger partial charge in [-0.3, -0.25) is 0 Å². The van der Waals surface area contributed by atoms with Crippen LogP contribution in [-0.4, -0.2) is 0 Å². The van der Waals surface area contributed by atoms with Crippen molar-refractivity contribution in [2.24, 2.45) is 0 Å². The van der Waals surface area contributed by atoms with Crippen LogP contribution in [0.3, 0.4) is 0 Å². The van der Waals surface area contributed by atoms with Gasteiger partial charge in [0.2, 0.25) is 0 Å². The number of para-hydroxylation sites is 4. The van der Waals surface area contributed by atoms with E-state index in [1.165, 1.54) is 66.4 Å². The Kier molecular flexibility index (Phi) is 8.06. The summed E-state index contributed by atoms with van der Waals surface area (Å²) in [5.41, 5.74) is 19.9. The van der Waals surface area contributed by atoms with Crippen LogP contribution in [0.2, 0.25) is 0 Å². The molecular weight excluding hydrogens is 813 g/mol. The van der Waals surface area contributed by atoms with Crippen LogP contribution in [0.1, 0.15) is 33.4 Å². The second kappa shape index (κ2) is 14.3. The standard InChI is InChI=1S/C65H42O2/c1-39-30-34-41(35-31-39)65(42-36-32-40(2)33-37-42)58-27-6-3-14-45(58)50-21-11-26-55(62(50)65)61-48-19-9-17-43(51-22-12-24-53-46-15-4-7-28-59(46)66-63(51)53)56(48)38-57-44(18-10-20-49(57)61)52-23-13-25-54-47-16-5-8-29-60(47)67-64(52)54/h3-38H,1-2H3. The summed E-state index contributed by atoms with van der Waals surface area (Å²) in [6.45, 7) is 4.36. The Labute approximate surface area is 388 Å². The lowest BCUT2D eigenvalue weighted by Crippen LogP contribution is -2.29. The SMILES string of the molecule is Cc1ccc(C2(c3ccc(C)cc3)c3ccccc3-c3cccc(-c4c5cccc(-c6cccc7c6oc6ccccc67)c5cc5c(-c6cccc7c6oc6ccccc67)cccc45)c32)cc1. The molecule has 0 saturated carbocycles. The first-order chi connectivity index (χ1) is 33.1. The van der Waals surface area contributed by atoms with E-state index in [4.69, 9.17) is 8.83 Å². The van der Waals surface area contributed by atoms with E-state index < -0.39 is 5.41 Å². The normalized spacial score (nSPS) is 13.0. The molecule has 0 saturated heterocycles.